The minimum absolute atomic E-state index is 0.0418. The second-order valence-corrected chi connectivity index (χ2v) is 7.38. The first kappa shape index (κ1) is 18.9. The van der Waals surface area contributed by atoms with Crippen LogP contribution in [0.25, 0.3) is 6.08 Å². The van der Waals surface area contributed by atoms with Gasteiger partial charge >= 0.3 is 0 Å². The molecule has 1 aromatic heterocycles. The zero-order valence-corrected chi connectivity index (χ0v) is 16.1. The van der Waals surface area contributed by atoms with E-state index in [9.17, 15) is 14.0 Å². The number of thiophene rings is 1. The first-order chi connectivity index (χ1) is 14.1. The molecule has 0 spiro atoms. The number of nitrogens with zero attached hydrogens (tertiary/aromatic N) is 1. The maximum atomic E-state index is 14.0. The Hall–Kier alpha value is -3.45. The van der Waals surface area contributed by atoms with E-state index in [1.54, 1.807) is 53.8 Å². The first-order valence-corrected chi connectivity index (χ1v) is 9.84. The summed E-state index contributed by atoms with van der Waals surface area (Å²) in [6, 6.07) is 16.9. The molecule has 0 aliphatic carbocycles. The van der Waals surface area contributed by atoms with Gasteiger partial charge in [0.15, 0.2) is 11.5 Å². The molecule has 146 valence electrons. The lowest BCUT2D eigenvalue weighted by Crippen LogP contribution is -2.44. The average molecular weight is 408 g/mol. The van der Waals surface area contributed by atoms with Crippen LogP contribution in [0.15, 0.2) is 71.8 Å². The summed E-state index contributed by atoms with van der Waals surface area (Å²) in [4.78, 5) is 27.8. The molecule has 0 atom stereocenters. The summed E-state index contributed by atoms with van der Waals surface area (Å²) in [6.07, 6.45) is 1.35. The smallest absolute Gasteiger partial charge is 0.294 e. The fourth-order valence-electron chi connectivity index (χ4n) is 2.95. The summed E-state index contributed by atoms with van der Waals surface area (Å²) in [6.45, 7) is 0.230. The molecule has 0 radical (unpaired) electrons. The van der Waals surface area contributed by atoms with Crippen molar-refractivity contribution in [3.63, 3.8) is 0 Å². The van der Waals surface area contributed by atoms with Crippen molar-refractivity contribution in [1.29, 1.82) is 0 Å². The van der Waals surface area contributed by atoms with Crippen molar-refractivity contribution in [1.82, 2.24) is 5.32 Å². The lowest BCUT2D eigenvalue weighted by molar-refractivity contribution is -0.123. The molecule has 2 aromatic carbocycles. The fourth-order valence-corrected chi connectivity index (χ4v) is 3.60. The first-order valence-electron chi connectivity index (χ1n) is 8.96. The molecule has 29 heavy (non-hydrogen) atoms. The summed E-state index contributed by atoms with van der Waals surface area (Å²) < 4.78 is 19.7. The van der Waals surface area contributed by atoms with Gasteiger partial charge in [0.05, 0.1) is 12.2 Å². The van der Waals surface area contributed by atoms with E-state index in [1.807, 2.05) is 17.5 Å². The van der Waals surface area contributed by atoms with Gasteiger partial charge in [0.2, 0.25) is 5.91 Å². The summed E-state index contributed by atoms with van der Waals surface area (Å²) >= 11 is 1.54. The zero-order chi connectivity index (χ0) is 20.2. The van der Waals surface area contributed by atoms with E-state index in [-0.39, 0.29) is 23.8 Å². The summed E-state index contributed by atoms with van der Waals surface area (Å²) in [7, 11) is 0. The Labute approximate surface area is 171 Å². The van der Waals surface area contributed by atoms with Crippen LogP contribution in [0.3, 0.4) is 0 Å². The number of amides is 2. The van der Waals surface area contributed by atoms with Gasteiger partial charge in [-0.2, -0.15) is 0 Å². The van der Waals surface area contributed by atoms with Gasteiger partial charge in [0.1, 0.15) is 12.4 Å². The van der Waals surface area contributed by atoms with E-state index in [0.717, 1.165) is 4.88 Å². The molecule has 2 amide bonds. The van der Waals surface area contributed by atoms with Gasteiger partial charge < -0.3 is 10.1 Å². The number of hydrogen-bond acceptors (Lipinski definition) is 4. The predicted octanol–water partition coefficient (Wildman–Crippen LogP) is 3.97. The third-order valence-electron chi connectivity index (χ3n) is 4.37. The lowest BCUT2D eigenvalue weighted by Gasteiger charge is -2.30. The molecular formula is C22H17FN2O3S. The van der Waals surface area contributed by atoms with Crippen LogP contribution in [0, 0.1) is 5.82 Å². The fraction of sp³-hybridized carbons (Fsp3) is 0.0909. The van der Waals surface area contributed by atoms with Crippen molar-refractivity contribution in [3.05, 3.63) is 88.1 Å². The van der Waals surface area contributed by atoms with Crippen molar-refractivity contribution < 1.29 is 18.7 Å². The molecule has 0 bridgehead atoms. The highest BCUT2D eigenvalue weighted by Gasteiger charge is 2.31. The lowest BCUT2D eigenvalue weighted by atomic mass is 10.1. The van der Waals surface area contributed by atoms with Crippen LogP contribution in [0.4, 0.5) is 10.1 Å². The number of carbonyl (C=O) groups excluding carboxylic acids is 2. The van der Waals surface area contributed by atoms with Gasteiger partial charge in [-0.05, 0) is 35.7 Å². The highest BCUT2D eigenvalue weighted by Crippen LogP contribution is 2.35. The Morgan fingerprint density at radius 2 is 1.90 bits per heavy atom. The van der Waals surface area contributed by atoms with Gasteiger partial charge in [-0.15, -0.1) is 11.3 Å². The number of anilines is 1. The molecular weight excluding hydrogens is 391 g/mol. The van der Waals surface area contributed by atoms with Crippen LogP contribution >= 0.6 is 11.3 Å². The number of hydrogen-bond donors (Lipinski definition) is 1. The Bertz CT molecular complexity index is 1080. The number of nitrogens with one attached hydrogen (secondary N) is 1. The molecule has 2 heterocycles. The number of rotatable bonds is 5. The minimum atomic E-state index is -0.502. The third-order valence-corrected chi connectivity index (χ3v) is 5.24. The number of benzene rings is 2. The van der Waals surface area contributed by atoms with Gasteiger partial charge in [-0.25, -0.2) is 4.39 Å². The third kappa shape index (κ3) is 4.20. The van der Waals surface area contributed by atoms with Crippen LogP contribution in [-0.4, -0.2) is 18.4 Å². The highest BCUT2D eigenvalue weighted by molar-refractivity contribution is 7.09. The van der Waals surface area contributed by atoms with Crippen LogP contribution in [0.5, 0.6) is 5.75 Å². The van der Waals surface area contributed by atoms with Crippen LogP contribution in [0.1, 0.15) is 10.4 Å². The topological polar surface area (TPSA) is 58.6 Å². The number of fused-ring (bicyclic) bond motifs is 1. The number of para-hydroxylation sites is 2. The van der Waals surface area contributed by atoms with E-state index in [0.29, 0.717) is 18.0 Å². The summed E-state index contributed by atoms with van der Waals surface area (Å²) in [5.41, 5.74) is 0.729. The number of ether oxygens (including phenoxy) is 1. The molecule has 3 aromatic rings. The van der Waals surface area contributed by atoms with E-state index in [2.05, 4.69) is 5.32 Å². The monoisotopic (exact) mass is 408 g/mol. The molecule has 0 saturated carbocycles. The van der Waals surface area contributed by atoms with Crippen molar-refractivity contribution in [2.45, 2.75) is 6.54 Å². The Morgan fingerprint density at radius 3 is 2.69 bits per heavy atom. The van der Waals surface area contributed by atoms with Gasteiger partial charge in [0, 0.05) is 10.4 Å². The molecule has 5 nitrogen and oxygen atoms in total. The Balaban J connectivity index is 1.59. The molecule has 0 saturated heterocycles. The highest BCUT2D eigenvalue weighted by atomic mass is 32.1. The van der Waals surface area contributed by atoms with Gasteiger partial charge in [0.25, 0.3) is 5.91 Å². The van der Waals surface area contributed by atoms with Crippen molar-refractivity contribution in [2.75, 3.05) is 11.4 Å². The molecule has 0 unspecified atom stereocenters. The SMILES string of the molecule is O=C(CN1C(=O)C(=Cc2ccccc2F)Oc2ccccc21)NCc1cccs1. The van der Waals surface area contributed by atoms with Crippen LogP contribution < -0.4 is 15.0 Å². The van der Waals surface area contributed by atoms with E-state index >= 15 is 0 Å². The zero-order valence-electron chi connectivity index (χ0n) is 15.3. The molecule has 7 heteroatoms. The second-order valence-electron chi connectivity index (χ2n) is 6.35. The van der Waals surface area contributed by atoms with E-state index in [1.165, 1.54) is 17.0 Å². The normalized spacial score (nSPS) is 14.4. The molecule has 4 rings (SSSR count). The minimum Gasteiger partial charge on any atom is -0.449 e. The Morgan fingerprint density at radius 1 is 1.10 bits per heavy atom. The standard InChI is InChI=1S/C22H17FN2O3S/c23-17-8-2-1-6-15(17)12-20-22(27)25(18-9-3-4-10-19(18)28-20)14-21(26)24-13-16-7-5-11-29-16/h1-12H,13-14H2,(H,24,26). The Kier molecular flexibility index (Phi) is 5.39. The van der Waals surface area contributed by atoms with Gasteiger partial charge in [-0.1, -0.05) is 36.4 Å². The van der Waals surface area contributed by atoms with Crippen LogP contribution in [-0.2, 0) is 16.1 Å². The maximum absolute atomic E-state index is 14.0. The van der Waals surface area contributed by atoms with Crippen LogP contribution in [0.2, 0.25) is 0 Å². The number of carbonyl (C=O) groups is 2. The maximum Gasteiger partial charge on any atom is 0.294 e. The van der Waals surface area contributed by atoms with Crippen molar-refractivity contribution in [2.24, 2.45) is 0 Å². The summed E-state index contributed by atoms with van der Waals surface area (Å²) in [5.74, 6) is -0.872. The average Bonchev–Trinajstić information content (AvgIpc) is 3.25. The largest absolute Gasteiger partial charge is 0.449 e. The summed E-state index contributed by atoms with van der Waals surface area (Å²) in [5, 5.41) is 4.75. The molecule has 1 N–H and O–H groups in total. The van der Waals surface area contributed by atoms with E-state index < -0.39 is 11.7 Å². The van der Waals surface area contributed by atoms with Crippen molar-refractivity contribution >= 4 is 34.9 Å². The molecule has 1 aliphatic heterocycles. The molecule has 0 fully saturated rings. The quantitative estimate of drug-likeness (QED) is 0.650. The second kappa shape index (κ2) is 8.28. The number of halogens is 1. The van der Waals surface area contributed by atoms with E-state index in [4.69, 9.17) is 4.74 Å². The molecule has 1 aliphatic rings. The predicted molar refractivity (Wildman–Crippen MR) is 110 cm³/mol. The van der Waals surface area contributed by atoms with Crippen molar-refractivity contribution in [3.8, 4) is 5.75 Å². The van der Waals surface area contributed by atoms with Gasteiger partial charge in [-0.3, -0.25) is 14.5 Å².